The lowest BCUT2D eigenvalue weighted by Gasteiger charge is -2.29. The number of anilines is 1. The Balaban J connectivity index is 1.66. The normalized spacial score (nSPS) is 15.3. The molecule has 0 saturated carbocycles. The van der Waals surface area contributed by atoms with Crippen molar-refractivity contribution in [1.29, 1.82) is 0 Å². The van der Waals surface area contributed by atoms with Crippen molar-refractivity contribution in [3.63, 3.8) is 0 Å². The second kappa shape index (κ2) is 9.33. The molecular formula is C21H22BrN3O4S2. The van der Waals surface area contributed by atoms with E-state index in [4.69, 9.17) is 4.74 Å². The van der Waals surface area contributed by atoms with Crippen molar-refractivity contribution < 1.29 is 17.9 Å². The molecule has 1 aliphatic heterocycles. The fourth-order valence-electron chi connectivity index (χ4n) is 3.34. The van der Waals surface area contributed by atoms with Crippen LogP contribution >= 0.6 is 27.3 Å². The van der Waals surface area contributed by atoms with E-state index in [1.165, 1.54) is 17.6 Å². The maximum absolute atomic E-state index is 13.4. The molecule has 1 aromatic heterocycles. The molecule has 1 fully saturated rings. The van der Waals surface area contributed by atoms with Crippen LogP contribution in [-0.4, -0.2) is 69.9 Å². The van der Waals surface area contributed by atoms with Crippen molar-refractivity contribution >= 4 is 58.4 Å². The van der Waals surface area contributed by atoms with E-state index in [0.717, 1.165) is 22.3 Å². The van der Waals surface area contributed by atoms with Gasteiger partial charge in [-0.2, -0.15) is 0 Å². The molecule has 7 nitrogen and oxygen atoms in total. The number of benzene rings is 2. The number of fused-ring (bicyclic) bond motifs is 1. The molecule has 0 atom stereocenters. The second-order valence-corrected chi connectivity index (χ2v) is 11.3. The molecule has 164 valence electrons. The van der Waals surface area contributed by atoms with Crippen LogP contribution in [0.2, 0.25) is 0 Å². The van der Waals surface area contributed by atoms with Gasteiger partial charge in [0.2, 0.25) is 0 Å². The van der Waals surface area contributed by atoms with Crippen LogP contribution in [-0.2, 0) is 14.6 Å². The predicted molar refractivity (Wildman–Crippen MR) is 126 cm³/mol. The van der Waals surface area contributed by atoms with Crippen molar-refractivity contribution in [2.45, 2.75) is 4.90 Å². The highest BCUT2D eigenvalue weighted by molar-refractivity contribution is 9.10. The number of aromatic nitrogens is 1. The summed E-state index contributed by atoms with van der Waals surface area (Å²) in [6, 6.07) is 12.1. The number of sulfone groups is 1. The Hall–Kier alpha value is -1.85. The number of nitrogens with zero attached hydrogens (tertiary/aromatic N) is 3. The third kappa shape index (κ3) is 5.32. The van der Waals surface area contributed by atoms with Gasteiger partial charge >= 0.3 is 0 Å². The molecule has 0 radical (unpaired) electrons. The van der Waals surface area contributed by atoms with Gasteiger partial charge in [0, 0.05) is 42.5 Å². The van der Waals surface area contributed by atoms with Crippen molar-refractivity contribution in [2.75, 3.05) is 50.5 Å². The lowest BCUT2D eigenvalue weighted by Crippen LogP contribution is -2.43. The number of rotatable bonds is 6. The van der Waals surface area contributed by atoms with Crippen LogP contribution in [0.25, 0.3) is 10.2 Å². The smallest absolute Gasteiger partial charge is 0.260 e. The first-order chi connectivity index (χ1) is 14.8. The zero-order valence-corrected chi connectivity index (χ0v) is 20.2. The van der Waals surface area contributed by atoms with Crippen LogP contribution < -0.4 is 4.90 Å². The van der Waals surface area contributed by atoms with Crippen molar-refractivity contribution in [3.8, 4) is 0 Å². The molecule has 31 heavy (non-hydrogen) atoms. The van der Waals surface area contributed by atoms with E-state index in [1.807, 2.05) is 12.1 Å². The van der Waals surface area contributed by atoms with E-state index in [2.05, 4.69) is 25.8 Å². The zero-order valence-electron chi connectivity index (χ0n) is 17.0. The van der Waals surface area contributed by atoms with Gasteiger partial charge in [0.25, 0.3) is 5.91 Å². The molecule has 0 bridgehead atoms. The third-order valence-electron chi connectivity index (χ3n) is 5.09. The number of carbonyl (C=O) groups is 1. The highest BCUT2D eigenvalue weighted by Crippen LogP contribution is 2.31. The summed E-state index contributed by atoms with van der Waals surface area (Å²) in [5.41, 5.74) is 1.24. The predicted octanol–water partition coefficient (Wildman–Crippen LogP) is 3.44. The van der Waals surface area contributed by atoms with E-state index in [9.17, 15) is 13.2 Å². The number of morpholine rings is 1. The average molecular weight is 524 g/mol. The molecule has 2 heterocycles. The maximum atomic E-state index is 13.4. The number of hydrogen-bond donors (Lipinski definition) is 0. The summed E-state index contributed by atoms with van der Waals surface area (Å²) in [6.07, 6.45) is 1.18. The molecule has 1 saturated heterocycles. The Bertz CT molecular complexity index is 1190. The Morgan fingerprint density at radius 1 is 1.19 bits per heavy atom. The largest absolute Gasteiger partial charge is 0.379 e. The molecular weight excluding hydrogens is 502 g/mol. The third-order valence-corrected chi connectivity index (χ3v) is 7.77. The maximum Gasteiger partial charge on any atom is 0.260 e. The monoisotopic (exact) mass is 523 g/mol. The van der Waals surface area contributed by atoms with Gasteiger partial charge in [-0.25, -0.2) is 13.4 Å². The number of halogens is 1. The Morgan fingerprint density at radius 2 is 1.90 bits per heavy atom. The summed E-state index contributed by atoms with van der Waals surface area (Å²) in [5.74, 6) is -0.136. The summed E-state index contributed by atoms with van der Waals surface area (Å²) in [6.45, 7) is 4.23. The summed E-state index contributed by atoms with van der Waals surface area (Å²) < 4.78 is 30.9. The molecule has 0 spiro atoms. The van der Waals surface area contributed by atoms with Gasteiger partial charge in [0.05, 0.1) is 28.3 Å². The Kier molecular flexibility index (Phi) is 6.73. The quantitative estimate of drug-likeness (QED) is 0.492. The number of amides is 1. The lowest BCUT2D eigenvalue weighted by molar-refractivity contribution is 0.0391. The van der Waals surface area contributed by atoms with E-state index in [-0.39, 0.29) is 10.8 Å². The molecule has 10 heteroatoms. The molecule has 4 rings (SSSR count). The van der Waals surface area contributed by atoms with Crippen LogP contribution in [0.5, 0.6) is 0 Å². The number of hydrogen-bond acceptors (Lipinski definition) is 7. The fraction of sp³-hybridized carbons (Fsp3) is 0.333. The minimum Gasteiger partial charge on any atom is -0.379 e. The van der Waals surface area contributed by atoms with E-state index in [0.29, 0.717) is 42.5 Å². The highest BCUT2D eigenvalue weighted by atomic mass is 79.9. The van der Waals surface area contributed by atoms with Gasteiger partial charge in [0.15, 0.2) is 15.0 Å². The van der Waals surface area contributed by atoms with Crippen molar-refractivity contribution in [1.82, 2.24) is 9.88 Å². The van der Waals surface area contributed by atoms with Crippen LogP contribution in [0.3, 0.4) is 0 Å². The lowest BCUT2D eigenvalue weighted by atomic mass is 10.2. The number of thiazole rings is 1. The van der Waals surface area contributed by atoms with Gasteiger partial charge in [-0.1, -0.05) is 27.3 Å². The molecule has 0 unspecified atom stereocenters. The minimum atomic E-state index is -3.32. The van der Waals surface area contributed by atoms with Crippen LogP contribution in [0, 0.1) is 0 Å². The zero-order chi connectivity index (χ0) is 22.0. The Labute approximate surface area is 193 Å². The summed E-state index contributed by atoms with van der Waals surface area (Å²) in [5, 5.41) is 0.557. The number of ether oxygens (including phenoxy) is 1. The van der Waals surface area contributed by atoms with Gasteiger partial charge in [-0.15, -0.1) is 0 Å². The van der Waals surface area contributed by atoms with Crippen molar-refractivity contribution in [3.05, 3.63) is 52.5 Å². The first-order valence-electron chi connectivity index (χ1n) is 9.79. The summed E-state index contributed by atoms with van der Waals surface area (Å²) in [7, 11) is -3.32. The van der Waals surface area contributed by atoms with Crippen LogP contribution in [0.4, 0.5) is 5.13 Å². The van der Waals surface area contributed by atoms with E-state index in [1.54, 1.807) is 35.2 Å². The van der Waals surface area contributed by atoms with Crippen molar-refractivity contribution in [2.24, 2.45) is 0 Å². The van der Waals surface area contributed by atoms with Gasteiger partial charge in [0.1, 0.15) is 0 Å². The summed E-state index contributed by atoms with van der Waals surface area (Å²) >= 11 is 4.73. The highest BCUT2D eigenvalue weighted by Gasteiger charge is 2.23. The fourth-order valence-corrected chi connectivity index (χ4v) is 5.35. The first kappa shape index (κ1) is 22.3. The standard InChI is InChI=1S/C21H22BrN3O4S2/c1-31(27,28)17-6-7-18-19(14-17)30-21(23-18)25(9-8-24-10-12-29-13-11-24)20(26)15-2-4-16(22)5-3-15/h2-7,14H,8-13H2,1H3. The molecule has 3 aromatic rings. The van der Waals surface area contributed by atoms with Gasteiger partial charge in [-0.3, -0.25) is 14.6 Å². The number of carbonyl (C=O) groups excluding carboxylic acids is 1. The van der Waals surface area contributed by atoms with Crippen LogP contribution in [0.15, 0.2) is 51.8 Å². The van der Waals surface area contributed by atoms with Crippen LogP contribution in [0.1, 0.15) is 10.4 Å². The summed E-state index contributed by atoms with van der Waals surface area (Å²) in [4.78, 5) is 22.2. The topological polar surface area (TPSA) is 79.8 Å². The Morgan fingerprint density at radius 3 is 2.58 bits per heavy atom. The molecule has 0 N–H and O–H groups in total. The second-order valence-electron chi connectivity index (χ2n) is 7.32. The van der Waals surface area contributed by atoms with E-state index < -0.39 is 9.84 Å². The molecule has 0 aliphatic carbocycles. The van der Waals surface area contributed by atoms with E-state index >= 15 is 0 Å². The molecule has 2 aromatic carbocycles. The minimum absolute atomic E-state index is 0.136. The van der Waals surface area contributed by atoms with Gasteiger partial charge in [-0.05, 0) is 42.5 Å². The molecule has 1 amide bonds. The first-order valence-corrected chi connectivity index (χ1v) is 13.3. The average Bonchev–Trinajstić information content (AvgIpc) is 3.17. The molecule has 1 aliphatic rings. The van der Waals surface area contributed by atoms with Gasteiger partial charge < -0.3 is 4.74 Å². The SMILES string of the molecule is CS(=O)(=O)c1ccc2nc(N(CCN3CCOCC3)C(=O)c3ccc(Br)cc3)sc2c1.